The molecule has 7 heteroatoms. The summed E-state index contributed by atoms with van der Waals surface area (Å²) in [5.41, 5.74) is 0.763. The molecule has 2 aromatic heterocycles. The fourth-order valence-corrected chi connectivity index (χ4v) is 5.99. The smallest absolute Gasteiger partial charge is 0.332 e. The average Bonchev–Trinajstić information content (AvgIpc) is 3.27. The van der Waals surface area contributed by atoms with E-state index in [1.165, 1.54) is 62.4 Å². The lowest BCUT2D eigenvalue weighted by atomic mass is 9.89. The van der Waals surface area contributed by atoms with Gasteiger partial charge in [0.25, 0.3) is 5.56 Å². The van der Waals surface area contributed by atoms with E-state index in [1.807, 2.05) is 4.57 Å². The predicted molar refractivity (Wildman–Crippen MR) is 124 cm³/mol. The highest BCUT2D eigenvalue weighted by Gasteiger charge is 2.25. The number of imidazole rings is 1. The molecular weight excluding hydrogens is 390 g/mol. The van der Waals surface area contributed by atoms with Crippen LogP contribution in [0, 0.1) is 11.8 Å². The lowest BCUT2D eigenvalue weighted by molar-refractivity contribution is 0.296. The molecule has 0 atom stereocenters. The molecule has 1 aliphatic heterocycles. The topological polar surface area (TPSA) is 75.9 Å². The van der Waals surface area contributed by atoms with Crippen LogP contribution in [-0.2, 0) is 13.1 Å². The van der Waals surface area contributed by atoms with Gasteiger partial charge in [-0.2, -0.15) is 4.98 Å². The Balaban J connectivity index is 1.56. The highest BCUT2D eigenvalue weighted by Crippen LogP contribution is 2.27. The largest absolute Gasteiger partial charge is 0.342 e. The lowest BCUT2D eigenvalue weighted by Gasteiger charge is -2.25. The maximum Gasteiger partial charge on any atom is 0.332 e. The first-order chi connectivity index (χ1) is 15.2. The Morgan fingerprint density at radius 2 is 1.29 bits per heavy atom. The minimum Gasteiger partial charge on any atom is -0.342 e. The first kappa shape index (κ1) is 20.8. The van der Waals surface area contributed by atoms with Gasteiger partial charge >= 0.3 is 5.69 Å². The number of anilines is 1. The zero-order valence-electron chi connectivity index (χ0n) is 18.8. The second-order valence-corrected chi connectivity index (χ2v) is 10.1. The molecule has 7 nitrogen and oxygen atoms in total. The summed E-state index contributed by atoms with van der Waals surface area (Å²) in [6.45, 7) is 3.16. The molecule has 5 rings (SSSR count). The van der Waals surface area contributed by atoms with E-state index in [0.717, 1.165) is 44.7 Å². The van der Waals surface area contributed by atoms with E-state index in [9.17, 15) is 9.59 Å². The van der Waals surface area contributed by atoms with Gasteiger partial charge in [0.15, 0.2) is 11.2 Å². The van der Waals surface area contributed by atoms with Gasteiger partial charge in [-0.15, -0.1) is 0 Å². The van der Waals surface area contributed by atoms with Gasteiger partial charge in [-0.05, 0) is 56.8 Å². The standard InChI is InChI=1S/C24H37N5O2/c30-22-20-21(26-23(25-20)27-14-8-3-9-15-27)28(16-18-10-4-1-5-11-18)24(31)29(22)17-19-12-6-2-7-13-19/h18-19H,1-17H2,(H,25,26). The molecule has 0 aromatic carbocycles. The predicted octanol–water partition coefficient (Wildman–Crippen LogP) is 4.04. The van der Waals surface area contributed by atoms with Crippen LogP contribution < -0.4 is 16.1 Å². The van der Waals surface area contributed by atoms with E-state index >= 15 is 0 Å². The van der Waals surface area contributed by atoms with E-state index in [1.54, 1.807) is 0 Å². The summed E-state index contributed by atoms with van der Waals surface area (Å²) >= 11 is 0. The average molecular weight is 428 g/mol. The molecule has 3 fully saturated rings. The third kappa shape index (κ3) is 4.33. The van der Waals surface area contributed by atoms with Gasteiger partial charge in [0.1, 0.15) is 0 Å². The third-order valence-electron chi connectivity index (χ3n) is 7.84. The van der Waals surface area contributed by atoms with Crippen molar-refractivity contribution in [2.24, 2.45) is 11.8 Å². The third-order valence-corrected chi connectivity index (χ3v) is 7.84. The summed E-state index contributed by atoms with van der Waals surface area (Å²) in [5.74, 6) is 1.70. The molecule has 31 heavy (non-hydrogen) atoms. The van der Waals surface area contributed by atoms with Crippen molar-refractivity contribution in [3.05, 3.63) is 20.8 Å². The number of aromatic nitrogens is 4. The lowest BCUT2D eigenvalue weighted by Crippen LogP contribution is -2.42. The van der Waals surface area contributed by atoms with Crippen LogP contribution in [0.3, 0.4) is 0 Å². The van der Waals surface area contributed by atoms with Crippen LogP contribution >= 0.6 is 0 Å². The first-order valence-electron chi connectivity index (χ1n) is 12.7. The highest BCUT2D eigenvalue weighted by atomic mass is 16.2. The normalized spacial score (nSPS) is 21.7. The summed E-state index contributed by atoms with van der Waals surface area (Å²) in [7, 11) is 0. The van der Waals surface area contributed by atoms with Crippen molar-refractivity contribution in [3.63, 3.8) is 0 Å². The monoisotopic (exact) mass is 427 g/mol. The molecule has 2 aliphatic carbocycles. The van der Waals surface area contributed by atoms with Crippen molar-refractivity contribution in [1.82, 2.24) is 19.1 Å². The number of piperidine rings is 1. The molecule has 0 amide bonds. The van der Waals surface area contributed by atoms with E-state index in [-0.39, 0.29) is 11.2 Å². The number of nitrogens with zero attached hydrogens (tertiary/aromatic N) is 4. The van der Waals surface area contributed by atoms with Crippen molar-refractivity contribution >= 4 is 17.1 Å². The Morgan fingerprint density at radius 3 is 1.90 bits per heavy atom. The molecule has 0 unspecified atom stereocenters. The van der Waals surface area contributed by atoms with E-state index < -0.39 is 0 Å². The molecule has 3 heterocycles. The Bertz CT molecular complexity index is 1000. The van der Waals surface area contributed by atoms with Crippen LogP contribution in [0.2, 0.25) is 0 Å². The van der Waals surface area contributed by atoms with Crippen LogP contribution in [0.1, 0.15) is 83.5 Å². The molecule has 3 aliphatic rings. The first-order valence-corrected chi connectivity index (χ1v) is 12.7. The van der Waals surface area contributed by atoms with Gasteiger partial charge in [-0.25, -0.2) is 4.79 Å². The molecule has 170 valence electrons. The maximum absolute atomic E-state index is 13.6. The molecular formula is C24H37N5O2. The van der Waals surface area contributed by atoms with Crippen LogP contribution in [0.25, 0.3) is 11.2 Å². The molecule has 0 bridgehead atoms. The maximum atomic E-state index is 13.6. The van der Waals surface area contributed by atoms with Crippen molar-refractivity contribution in [2.45, 2.75) is 96.6 Å². The van der Waals surface area contributed by atoms with Gasteiger partial charge in [0.05, 0.1) is 0 Å². The van der Waals surface area contributed by atoms with E-state index in [2.05, 4.69) is 9.88 Å². The summed E-state index contributed by atoms with van der Waals surface area (Å²) in [6, 6.07) is 0. The van der Waals surface area contributed by atoms with Gasteiger partial charge in [-0.1, -0.05) is 38.5 Å². The SMILES string of the molecule is O=c1c2[nH]c(N3CCCCC3)nc2n(CC2CCCCC2)c(=O)n1CC1CCCCC1. The van der Waals surface area contributed by atoms with Crippen molar-refractivity contribution < 1.29 is 0 Å². The number of nitrogens with one attached hydrogen (secondary N) is 1. The van der Waals surface area contributed by atoms with Crippen LogP contribution in [0.4, 0.5) is 5.95 Å². The zero-order chi connectivity index (χ0) is 21.2. The molecule has 2 aromatic rings. The second-order valence-electron chi connectivity index (χ2n) is 10.1. The minimum absolute atomic E-state index is 0.148. The fraction of sp³-hybridized carbons (Fsp3) is 0.792. The van der Waals surface area contributed by atoms with Crippen molar-refractivity contribution in [3.8, 4) is 0 Å². The quantitative estimate of drug-likeness (QED) is 0.781. The fourth-order valence-electron chi connectivity index (χ4n) is 5.99. The highest BCUT2D eigenvalue weighted by molar-refractivity contribution is 5.73. The van der Waals surface area contributed by atoms with Crippen LogP contribution in [-0.4, -0.2) is 32.2 Å². The Morgan fingerprint density at radius 1 is 0.742 bits per heavy atom. The number of aromatic amines is 1. The minimum atomic E-state index is -0.179. The Labute approximate surface area is 183 Å². The zero-order valence-corrected chi connectivity index (χ0v) is 18.8. The van der Waals surface area contributed by atoms with Gasteiger partial charge in [-0.3, -0.25) is 13.9 Å². The Kier molecular flexibility index (Phi) is 6.19. The number of H-pyrrole nitrogens is 1. The number of rotatable bonds is 5. The number of fused-ring (bicyclic) bond motifs is 1. The number of hydrogen-bond acceptors (Lipinski definition) is 4. The summed E-state index contributed by atoms with van der Waals surface area (Å²) in [6.07, 6.45) is 15.6. The molecule has 1 saturated heterocycles. The van der Waals surface area contributed by atoms with Crippen LogP contribution in [0.5, 0.6) is 0 Å². The number of hydrogen-bond donors (Lipinski definition) is 1. The van der Waals surface area contributed by atoms with E-state index in [0.29, 0.717) is 36.1 Å². The molecule has 2 saturated carbocycles. The molecule has 0 spiro atoms. The Hall–Kier alpha value is -2.05. The molecule has 0 radical (unpaired) electrons. The van der Waals surface area contributed by atoms with Gasteiger partial charge < -0.3 is 9.88 Å². The van der Waals surface area contributed by atoms with Crippen molar-refractivity contribution in [1.29, 1.82) is 0 Å². The van der Waals surface area contributed by atoms with Gasteiger partial charge in [0, 0.05) is 26.2 Å². The van der Waals surface area contributed by atoms with Crippen molar-refractivity contribution in [2.75, 3.05) is 18.0 Å². The molecule has 1 N–H and O–H groups in total. The van der Waals surface area contributed by atoms with Gasteiger partial charge in [0.2, 0.25) is 5.95 Å². The summed E-state index contributed by atoms with van der Waals surface area (Å²) in [4.78, 5) is 37.4. The van der Waals surface area contributed by atoms with E-state index in [4.69, 9.17) is 4.98 Å². The summed E-state index contributed by atoms with van der Waals surface area (Å²) < 4.78 is 3.36. The van der Waals surface area contributed by atoms with Crippen LogP contribution in [0.15, 0.2) is 9.59 Å². The summed E-state index contributed by atoms with van der Waals surface area (Å²) in [5, 5.41) is 0. The second kappa shape index (κ2) is 9.21.